The van der Waals surface area contributed by atoms with Crippen LogP contribution < -0.4 is 15.1 Å². The Kier molecular flexibility index (Phi) is 2.36. The van der Waals surface area contributed by atoms with Crippen molar-refractivity contribution < 1.29 is 13.9 Å². The van der Waals surface area contributed by atoms with Crippen molar-refractivity contribution in [3.8, 4) is 11.5 Å². The third kappa shape index (κ3) is 1.59. The van der Waals surface area contributed by atoms with Crippen LogP contribution in [0.5, 0.6) is 11.5 Å². The van der Waals surface area contributed by atoms with Gasteiger partial charge in [-0.25, -0.2) is 4.79 Å². The number of hydrogen-bond acceptors (Lipinski definition) is 4. The summed E-state index contributed by atoms with van der Waals surface area (Å²) in [7, 11) is 3.18. The first kappa shape index (κ1) is 12.0. The molecule has 0 N–H and O–H groups in total. The minimum Gasteiger partial charge on any atom is -0.497 e. The van der Waals surface area contributed by atoms with E-state index < -0.39 is 0 Å². The van der Waals surface area contributed by atoms with E-state index in [1.54, 1.807) is 26.4 Å². The lowest BCUT2D eigenvalue weighted by Crippen LogP contribution is -2.02. The van der Waals surface area contributed by atoms with E-state index in [1.165, 1.54) is 0 Å². The zero-order valence-electron chi connectivity index (χ0n) is 11.6. The fourth-order valence-corrected chi connectivity index (χ4v) is 2.87. The Hall–Kier alpha value is -2.75. The van der Waals surface area contributed by atoms with Crippen LogP contribution >= 0.6 is 0 Å². The van der Waals surface area contributed by atoms with Gasteiger partial charge in [-0.3, -0.25) is 0 Å². The van der Waals surface area contributed by atoms with Crippen molar-refractivity contribution in [1.82, 2.24) is 0 Å². The van der Waals surface area contributed by atoms with Crippen LogP contribution in [0.2, 0.25) is 0 Å². The predicted octanol–water partition coefficient (Wildman–Crippen LogP) is 3.55. The predicted molar refractivity (Wildman–Crippen MR) is 81.8 cm³/mol. The summed E-state index contributed by atoms with van der Waals surface area (Å²) in [6.07, 6.45) is 0. The highest BCUT2D eigenvalue weighted by Crippen LogP contribution is 2.36. The number of benzene rings is 3. The van der Waals surface area contributed by atoms with Gasteiger partial charge < -0.3 is 13.9 Å². The highest BCUT2D eigenvalue weighted by Gasteiger charge is 2.15. The van der Waals surface area contributed by atoms with Gasteiger partial charge in [-0.15, -0.1) is 0 Å². The molecule has 21 heavy (non-hydrogen) atoms. The molecule has 0 unspecified atom stereocenters. The van der Waals surface area contributed by atoms with Gasteiger partial charge in [0.15, 0.2) is 0 Å². The first-order valence-electron chi connectivity index (χ1n) is 6.56. The Morgan fingerprint density at radius 1 is 0.857 bits per heavy atom. The second-order valence-corrected chi connectivity index (χ2v) is 4.95. The van der Waals surface area contributed by atoms with Crippen LogP contribution in [0.1, 0.15) is 0 Å². The summed E-state index contributed by atoms with van der Waals surface area (Å²) in [4.78, 5) is 12.3. The third-order valence-corrected chi connectivity index (χ3v) is 3.83. The standard InChI is InChI=1S/C17H12O4/c1-19-11-5-9-3-4-10-6-12(20-2)8-14-16(10)15(9)13(7-11)17(18)21-14/h3-8H,1-2H3. The maximum atomic E-state index is 12.3. The minimum atomic E-state index is -0.368. The largest absolute Gasteiger partial charge is 0.497 e. The minimum absolute atomic E-state index is 0.368. The van der Waals surface area contributed by atoms with Gasteiger partial charge in [0.05, 0.1) is 19.6 Å². The molecular formula is C17H12O4. The smallest absolute Gasteiger partial charge is 0.344 e. The lowest BCUT2D eigenvalue weighted by molar-refractivity contribution is 0.414. The molecule has 0 spiro atoms. The Bertz CT molecular complexity index is 1030. The molecule has 0 saturated heterocycles. The zero-order chi connectivity index (χ0) is 14.6. The van der Waals surface area contributed by atoms with E-state index in [9.17, 15) is 4.79 Å². The monoisotopic (exact) mass is 280 g/mol. The number of methoxy groups -OCH3 is 2. The SMILES string of the molecule is COc1cc2ccc3cc(OC)cc4c(=O)oc(c1)c2c34. The summed E-state index contributed by atoms with van der Waals surface area (Å²) in [5, 5.41) is 4.32. The molecule has 0 amide bonds. The van der Waals surface area contributed by atoms with Crippen molar-refractivity contribution in [3.63, 3.8) is 0 Å². The first-order valence-corrected chi connectivity index (χ1v) is 6.56. The summed E-state index contributed by atoms with van der Waals surface area (Å²) < 4.78 is 16.0. The van der Waals surface area contributed by atoms with E-state index in [-0.39, 0.29) is 5.63 Å². The van der Waals surface area contributed by atoms with Gasteiger partial charge in [0.25, 0.3) is 0 Å². The zero-order valence-corrected chi connectivity index (χ0v) is 11.6. The fraction of sp³-hybridized carbons (Fsp3) is 0.118. The van der Waals surface area contributed by atoms with E-state index in [0.29, 0.717) is 22.5 Å². The van der Waals surface area contributed by atoms with Gasteiger partial charge in [-0.05, 0) is 29.0 Å². The summed E-state index contributed by atoms with van der Waals surface area (Å²) in [6.45, 7) is 0. The molecular weight excluding hydrogens is 268 g/mol. The van der Waals surface area contributed by atoms with E-state index >= 15 is 0 Å². The highest BCUT2D eigenvalue weighted by atomic mass is 16.5. The topological polar surface area (TPSA) is 48.7 Å². The van der Waals surface area contributed by atoms with E-state index in [1.807, 2.05) is 24.3 Å². The van der Waals surface area contributed by atoms with Gasteiger partial charge in [0.2, 0.25) is 0 Å². The second-order valence-electron chi connectivity index (χ2n) is 4.95. The Labute approximate surface area is 119 Å². The molecule has 4 rings (SSSR count). The van der Waals surface area contributed by atoms with Gasteiger partial charge in [-0.2, -0.15) is 0 Å². The Morgan fingerprint density at radius 3 is 2.14 bits per heavy atom. The summed E-state index contributed by atoms with van der Waals surface area (Å²) in [5.74, 6) is 1.31. The highest BCUT2D eigenvalue weighted by molar-refractivity contribution is 6.21. The van der Waals surface area contributed by atoms with Gasteiger partial charge in [0, 0.05) is 16.8 Å². The Morgan fingerprint density at radius 2 is 1.48 bits per heavy atom. The molecule has 0 aliphatic rings. The molecule has 3 aromatic carbocycles. The normalized spacial score (nSPS) is 11.5. The molecule has 1 heterocycles. The summed E-state index contributed by atoms with van der Waals surface area (Å²) >= 11 is 0. The van der Waals surface area contributed by atoms with Crippen molar-refractivity contribution >= 4 is 32.5 Å². The molecule has 0 radical (unpaired) electrons. The maximum absolute atomic E-state index is 12.3. The molecule has 1 aromatic heterocycles. The van der Waals surface area contributed by atoms with Crippen LogP contribution in [0.25, 0.3) is 32.5 Å². The van der Waals surface area contributed by atoms with E-state index in [2.05, 4.69) is 0 Å². The number of ether oxygens (including phenoxy) is 2. The van der Waals surface area contributed by atoms with Crippen LogP contribution in [-0.4, -0.2) is 14.2 Å². The van der Waals surface area contributed by atoms with Gasteiger partial charge >= 0.3 is 5.63 Å². The molecule has 0 atom stereocenters. The molecule has 0 aliphatic heterocycles. The molecule has 4 aromatic rings. The lowest BCUT2D eigenvalue weighted by Gasteiger charge is -2.11. The summed E-state index contributed by atoms with van der Waals surface area (Å²) in [6, 6.07) is 11.3. The van der Waals surface area contributed by atoms with Crippen molar-refractivity contribution in [1.29, 1.82) is 0 Å². The average Bonchev–Trinajstić information content (AvgIpc) is 2.52. The molecule has 4 nitrogen and oxygen atoms in total. The number of hydrogen-bond donors (Lipinski definition) is 0. The average molecular weight is 280 g/mol. The quantitative estimate of drug-likeness (QED) is 0.416. The second kappa shape index (κ2) is 4.12. The van der Waals surface area contributed by atoms with E-state index in [4.69, 9.17) is 13.9 Å². The molecule has 0 bridgehead atoms. The van der Waals surface area contributed by atoms with Gasteiger partial charge in [0.1, 0.15) is 17.1 Å². The van der Waals surface area contributed by atoms with Crippen LogP contribution in [0.4, 0.5) is 0 Å². The fourth-order valence-electron chi connectivity index (χ4n) is 2.87. The van der Waals surface area contributed by atoms with Crippen molar-refractivity contribution in [3.05, 3.63) is 46.8 Å². The van der Waals surface area contributed by atoms with Crippen LogP contribution in [0.15, 0.2) is 45.6 Å². The van der Waals surface area contributed by atoms with Crippen LogP contribution in [0.3, 0.4) is 0 Å². The van der Waals surface area contributed by atoms with Crippen LogP contribution in [-0.2, 0) is 0 Å². The Balaban J connectivity index is 2.32. The summed E-state index contributed by atoms with van der Waals surface area (Å²) in [5.41, 5.74) is 0.171. The van der Waals surface area contributed by atoms with Crippen molar-refractivity contribution in [2.24, 2.45) is 0 Å². The van der Waals surface area contributed by atoms with Crippen LogP contribution in [0, 0.1) is 0 Å². The molecule has 104 valence electrons. The molecule has 0 fully saturated rings. The number of rotatable bonds is 2. The maximum Gasteiger partial charge on any atom is 0.344 e. The van der Waals surface area contributed by atoms with Crippen molar-refractivity contribution in [2.45, 2.75) is 0 Å². The third-order valence-electron chi connectivity index (χ3n) is 3.83. The molecule has 4 heteroatoms. The van der Waals surface area contributed by atoms with E-state index in [0.717, 1.165) is 21.5 Å². The first-order chi connectivity index (χ1) is 10.2. The molecule has 0 aliphatic carbocycles. The lowest BCUT2D eigenvalue weighted by atomic mass is 9.98. The van der Waals surface area contributed by atoms with Crippen molar-refractivity contribution in [2.75, 3.05) is 14.2 Å². The molecule has 0 saturated carbocycles. The van der Waals surface area contributed by atoms with Gasteiger partial charge in [-0.1, -0.05) is 12.1 Å².